The molecule has 22 heavy (non-hydrogen) atoms. The first kappa shape index (κ1) is 18.0. The fraction of sp³-hybridized carbons (Fsp3) is 0.500. The third-order valence-electron chi connectivity index (χ3n) is 3.27. The van der Waals surface area contributed by atoms with Crippen LogP contribution in [0.4, 0.5) is 0 Å². The van der Waals surface area contributed by atoms with Crippen molar-refractivity contribution in [2.24, 2.45) is 11.7 Å². The summed E-state index contributed by atoms with van der Waals surface area (Å²) in [6, 6.07) is 6.29. The zero-order valence-electron chi connectivity index (χ0n) is 13.2. The average molecular weight is 308 g/mol. The van der Waals surface area contributed by atoms with Crippen LogP contribution in [-0.2, 0) is 16.0 Å². The van der Waals surface area contributed by atoms with Gasteiger partial charge in [-0.1, -0.05) is 32.0 Å². The fourth-order valence-electron chi connectivity index (χ4n) is 2.14. The van der Waals surface area contributed by atoms with Crippen molar-refractivity contribution in [1.82, 2.24) is 5.32 Å². The summed E-state index contributed by atoms with van der Waals surface area (Å²) in [6.45, 7) is 3.80. The molecule has 0 unspecified atom stereocenters. The molecule has 1 rings (SSSR count). The Bertz CT molecular complexity index is 517. The molecule has 6 nitrogen and oxygen atoms in total. The molecule has 0 heterocycles. The number of hydrogen-bond donors (Lipinski definition) is 3. The Kier molecular flexibility index (Phi) is 6.85. The van der Waals surface area contributed by atoms with Gasteiger partial charge in [0.2, 0.25) is 11.8 Å². The lowest BCUT2D eigenvalue weighted by atomic mass is 10.0. The van der Waals surface area contributed by atoms with Gasteiger partial charge in [0, 0.05) is 6.42 Å². The quantitative estimate of drug-likeness (QED) is 0.655. The van der Waals surface area contributed by atoms with Crippen LogP contribution in [0.1, 0.15) is 25.8 Å². The second kappa shape index (κ2) is 8.38. The second-order valence-electron chi connectivity index (χ2n) is 5.62. The van der Waals surface area contributed by atoms with E-state index in [2.05, 4.69) is 5.32 Å². The van der Waals surface area contributed by atoms with Crippen LogP contribution >= 0.6 is 0 Å². The Balaban J connectivity index is 2.78. The highest BCUT2D eigenvalue weighted by Gasteiger charge is 2.24. The van der Waals surface area contributed by atoms with Crippen LogP contribution in [0.2, 0.25) is 0 Å². The van der Waals surface area contributed by atoms with Gasteiger partial charge in [0.05, 0.1) is 7.11 Å². The summed E-state index contributed by atoms with van der Waals surface area (Å²) in [7, 11) is 1.53. The smallest absolute Gasteiger partial charge is 0.249 e. The van der Waals surface area contributed by atoms with Gasteiger partial charge < -0.3 is 20.9 Å². The number of carbonyl (C=O) groups excluding carboxylic acids is 2. The highest BCUT2D eigenvalue weighted by atomic mass is 16.5. The predicted molar refractivity (Wildman–Crippen MR) is 83.3 cm³/mol. The molecular weight excluding hydrogens is 284 g/mol. The standard InChI is InChI=1S/C16H24N2O4/c1-10(2)8-13(19)16(21)18-12(15(17)20)9-11-6-4-5-7-14(11)22-3/h4-7,10,12-13,19H,8-9H2,1-3H3,(H2,17,20)(H,18,21)/t12-,13-/m0/s1. The molecule has 0 aliphatic carbocycles. The van der Waals surface area contributed by atoms with Gasteiger partial charge in [-0.25, -0.2) is 0 Å². The van der Waals surface area contributed by atoms with Crippen molar-refractivity contribution < 1.29 is 19.4 Å². The van der Waals surface area contributed by atoms with E-state index in [4.69, 9.17) is 10.5 Å². The number of aliphatic hydroxyl groups is 1. The lowest BCUT2D eigenvalue weighted by Gasteiger charge is -2.20. The first-order valence-corrected chi connectivity index (χ1v) is 7.24. The van der Waals surface area contributed by atoms with E-state index in [0.29, 0.717) is 12.2 Å². The molecule has 0 saturated heterocycles. The molecule has 0 bridgehead atoms. The zero-order chi connectivity index (χ0) is 16.7. The first-order chi connectivity index (χ1) is 10.3. The van der Waals surface area contributed by atoms with E-state index in [1.807, 2.05) is 26.0 Å². The number of nitrogens with two attached hydrogens (primary N) is 1. The summed E-state index contributed by atoms with van der Waals surface area (Å²) >= 11 is 0. The molecule has 0 aromatic heterocycles. The van der Waals surface area contributed by atoms with Crippen molar-refractivity contribution in [3.05, 3.63) is 29.8 Å². The maximum absolute atomic E-state index is 11.9. The van der Waals surface area contributed by atoms with Gasteiger partial charge >= 0.3 is 0 Å². The summed E-state index contributed by atoms with van der Waals surface area (Å²) in [5, 5.41) is 12.3. The van der Waals surface area contributed by atoms with Gasteiger partial charge in [-0.2, -0.15) is 0 Å². The summed E-state index contributed by atoms with van der Waals surface area (Å²) in [4.78, 5) is 23.5. The number of amides is 2. The van der Waals surface area contributed by atoms with E-state index < -0.39 is 24.0 Å². The van der Waals surface area contributed by atoms with Gasteiger partial charge in [-0.05, 0) is 24.0 Å². The van der Waals surface area contributed by atoms with Crippen LogP contribution in [0.5, 0.6) is 5.75 Å². The topological polar surface area (TPSA) is 102 Å². The number of methoxy groups -OCH3 is 1. The summed E-state index contributed by atoms with van der Waals surface area (Å²) in [5.41, 5.74) is 6.11. The highest BCUT2D eigenvalue weighted by molar-refractivity contribution is 5.88. The first-order valence-electron chi connectivity index (χ1n) is 7.24. The molecule has 0 saturated carbocycles. The molecule has 2 atom stereocenters. The minimum absolute atomic E-state index is 0.169. The van der Waals surface area contributed by atoms with Crippen LogP contribution < -0.4 is 15.8 Å². The number of nitrogens with one attached hydrogen (secondary N) is 1. The van der Waals surface area contributed by atoms with Crippen molar-refractivity contribution in [2.75, 3.05) is 7.11 Å². The normalized spacial score (nSPS) is 13.5. The Morgan fingerprint density at radius 2 is 1.95 bits per heavy atom. The van der Waals surface area contributed by atoms with Gasteiger partial charge in [0.15, 0.2) is 0 Å². The van der Waals surface area contributed by atoms with E-state index in [-0.39, 0.29) is 12.3 Å². The molecule has 6 heteroatoms. The lowest BCUT2D eigenvalue weighted by Crippen LogP contribution is -2.49. The van der Waals surface area contributed by atoms with E-state index in [1.165, 1.54) is 7.11 Å². The summed E-state index contributed by atoms with van der Waals surface area (Å²) < 4.78 is 5.22. The molecule has 1 aromatic carbocycles. The lowest BCUT2D eigenvalue weighted by molar-refractivity contribution is -0.133. The average Bonchev–Trinajstić information content (AvgIpc) is 2.46. The molecule has 0 aliphatic rings. The van der Waals surface area contributed by atoms with Crippen molar-refractivity contribution in [3.8, 4) is 5.75 Å². The van der Waals surface area contributed by atoms with E-state index in [0.717, 1.165) is 5.56 Å². The maximum Gasteiger partial charge on any atom is 0.249 e. The second-order valence-corrected chi connectivity index (χ2v) is 5.62. The minimum Gasteiger partial charge on any atom is -0.496 e. The monoisotopic (exact) mass is 308 g/mol. The minimum atomic E-state index is -1.15. The molecule has 0 radical (unpaired) electrons. The Hall–Kier alpha value is -2.08. The Labute approximate surface area is 130 Å². The fourth-order valence-corrected chi connectivity index (χ4v) is 2.14. The van der Waals surface area contributed by atoms with Crippen LogP contribution in [0, 0.1) is 5.92 Å². The number of aliphatic hydroxyl groups excluding tert-OH is 1. The van der Waals surface area contributed by atoms with E-state index in [1.54, 1.807) is 12.1 Å². The van der Waals surface area contributed by atoms with Gasteiger partial charge in [0.25, 0.3) is 0 Å². The number of ether oxygens (including phenoxy) is 1. The molecule has 2 amide bonds. The molecular formula is C16H24N2O4. The van der Waals surface area contributed by atoms with Gasteiger partial charge in [-0.15, -0.1) is 0 Å². The van der Waals surface area contributed by atoms with Crippen LogP contribution in [-0.4, -0.2) is 36.2 Å². The number of hydrogen-bond acceptors (Lipinski definition) is 4. The summed E-state index contributed by atoms with van der Waals surface area (Å²) in [6.07, 6.45) is -0.620. The number of primary amides is 1. The van der Waals surface area contributed by atoms with Crippen molar-refractivity contribution in [2.45, 2.75) is 38.8 Å². The van der Waals surface area contributed by atoms with E-state index in [9.17, 15) is 14.7 Å². The zero-order valence-corrected chi connectivity index (χ0v) is 13.2. The predicted octanol–water partition coefficient (Wildman–Crippen LogP) is 0.615. The third kappa shape index (κ3) is 5.37. The van der Waals surface area contributed by atoms with Crippen LogP contribution in [0.25, 0.3) is 0 Å². The maximum atomic E-state index is 11.9. The SMILES string of the molecule is COc1ccccc1C[C@H](NC(=O)[C@@H](O)CC(C)C)C(N)=O. The van der Waals surface area contributed by atoms with Crippen LogP contribution in [0.3, 0.4) is 0 Å². The molecule has 4 N–H and O–H groups in total. The molecule has 122 valence electrons. The van der Waals surface area contributed by atoms with Gasteiger partial charge in [-0.3, -0.25) is 9.59 Å². The number of carbonyl (C=O) groups is 2. The Morgan fingerprint density at radius 3 is 2.50 bits per heavy atom. The molecule has 1 aromatic rings. The van der Waals surface area contributed by atoms with Crippen LogP contribution in [0.15, 0.2) is 24.3 Å². The third-order valence-corrected chi connectivity index (χ3v) is 3.27. The van der Waals surface area contributed by atoms with Crippen molar-refractivity contribution in [1.29, 1.82) is 0 Å². The molecule has 0 aliphatic heterocycles. The highest BCUT2D eigenvalue weighted by Crippen LogP contribution is 2.19. The van der Waals surface area contributed by atoms with Crippen molar-refractivity contribution >= 4 is 11.8 Å². The molecule has 0 fully saturated rings. The van der Waals surface area contributed by atoms with Gasteiger partial charge in [0.1, 0.15) is 17.9 Å². The van der Waals surface area contributed by atoms with E-state index >= 15 is 0 Å². The summed E-state index contributed by atoms with van der Waals surface area (Å²) in [5.74, 6) is -0.462. The Morgan fingerprint density at radius 1 is 1.32 bits per heavy atom. The number of rotatable bonds is 8. The number of benzene rings is 1. The largest absolute Gasteiger partial charge is 0.496 e. The van der Waals surface area contributed by atoms with Crippen molar-refractivity contribution in [3.63, 3.8) is 0 Å². The molecule has 0 spiro atoms. The number of para-hydroxylation sites is 1.